The van der Waals surface area contributed by atoms with E-state index in [2.05, 4.69) is 22.3 Å². The van der Waals surface area contributed by atoms with Crippen molar-refractivity contribution in [2.75, 3.05) is 25.0 Å². The van der Waals surface area contributed by atoms with Crippen molar-refractivity contribution in [2.45, 2.75) is 19.9 Å². The highest BCUT2D eigenvalue weighted by Crippen LogP contribution is 2.36. The molecule has 150 valence electrons. The molecule has 1 aliphatic heterocycles. The topological polar surface area (TPSA) is 71.8 Å². The summed E-state index contributed by atoms with van der Waals surface area (Å²) >= 11 is 1.30. The van der Waals surface area contributed by atoms with E-state index in [9.17, 15) is 9.59 Å². The fraction of sp³-hybridized carbons (Fsp3) is 0.273. The summed E-state index contributed by atoms with van der Waals surface area (Å²) in [4.78, 5) is 27.3. The van der Waals surface area contributed by atoms with E-state index in [0.29, 0.717) is 21.9 Å². The highest BCUT2D eigenvalue weighted by Gasteiger charge is 2.25. The maximum Gasteiger partial charge on any atom is 0.341 e. The summed E-state index contributed by atoms with van der Waals surface area (Å²) in [5.74, 6) is -0.0532. The second kappa shape index (κ2) is 8.63. The minimum atomic E-state index is -0.470. The van der Waals surface area contributed by atoms with E-state index in [1.54, 1.807) is 30.7 Å². The largest absolute Gasteiger partial charge is 0.464 e. The molecule has 1 amide bonds. The second-order valence-electron chi connectivity index (χ2n) is 6.83. The van der Waals surface area contributed by atoms with Crippen LogP contribution in [0.3, 0.4) is 0 Å². The fourth-order valence-electron chi connectivity index (χ4n) is 3.53. The third kappa shape index (κ3) is 4.26. The molecular weight excluding hydrogens is 388 g/mol. The van der Waals surface area contributed by atoms with Crippen molar-refractivity contribution < 1.29 is 18.7 Å². The molecular formula is C22H22N2O4S. The highest BCUT2D eigenvalue weighted by molar-refractivity contribution is 7.15. The third-order valence-electron chi connectivity index (χ3n) is 4.89. The van der Waals surface area contributed by atoms with Gasteiger partial charge >= 0.3 is 5.97 Å². The van der Waals surface area contributed by atoms with Gasteiger partial charge in [0.05, 0.1) is 19.4 Å². The zero-order chi connectivity index (χ0) is 20.2. The van der Waals surface area contributed by atoms with Crippen LogP contribution in [0.5, 0.6) is 0 Å². The standard InChI is InChI=1S/C22H22N2O4S/c1-2-27-22(26)20-17(18-8-5-11-28-18)14-29-21(20)23-19(25)13-24-10-9-15-6-3-4-7-16(15)12-24/h3-8,11,14H,2,9-10,12-13H2,1H3,(H,23,25). The zero-order valence-corrected chi connectivity index (χ0v) is 17.0. The number of hydrogen-bond acceptors (Lipinski definition) is 6. The molecule has 0 fully saturated rings. The molecule has 3 heterocycles. The number of thiophene rings is 1. The van der Waals surface area contributed by atoms with Crippen molar-refractivity contribution in [2.24, 2.45) is 0 Å². The highest BCUT2D eigenvalue weighted by atomic mass is 32.1. The van der Waals surface area contributed by atoms with Gasteiger partial charge in [0.2, 0.25) is 5.91 Å². The zero-order valence-electron chi connectivity index (χ0n) is 16.1. The Morgan fingerprint density at radius 3 is 2.79 bits per heavy atom. The number of carbonyl (C=O) groups excluding carboxylic acids is 2. The third-order valence-corrected chi connectivity index (χ3v) is 5.78. The van der Waals surface area contributed by atoms with Crippen LogP contribution >= 0.6 is 11.3 Å². The number of furan rings is 1. The minimum absolute atomic E-state index is 0.150. The number of esters is 1. The van der Waals surface area contributed by atoms with Gasteiger partial charge in [-0.3, -0.25) is 9.69 Å². The van der Waals surface area contributed by atoms with Crippen molar-refractivity contribution >= 4 is 28.2 Å². The van der Waals surface area contributed by atoms with Crippen LogP contribution in [0, 0.1) is 0 Å². The molecule has 4 rings (SSSR count). The van der Waals surface area contributed by atoms with E-state index in [1.165, 1.54) is 22.5 Å². The van der Waals surface area contributed by atoms with Gasteiger partial charge in [0.1, 0.15) is 16.3 Å². The molecule has 0 radical (unpaired) electrons. The number of nitrogens with zero attached hydrogens (tertiary/aromatic N) is 1. The summed E-state index contributed by atoms with van der Waals surface area (Å²) in [7, 11) is 0. The molecule has 0 saturated heterocycles. The Hall–Kier alpha value is -2.90. The van der Waals surface area contributed by atoms with Gasteiger partial charge in [-0.25, -0.2) is 4.79 Å². The number of benzene rings is 1. The van der Waals surface area contributed by atoms with E-state index >= 15 is 0 Å². The smallest absolute Gasteiger partial charge is 0.341 e. The van der Waals surface area contributed by atoms with Crippen molar-refractivity contribution in [1.82, 2.24) is 4.90 Å². The van der Waals surface area contributed by atoms with E-state index in [-0.39, 0.29) is 19.1 Å². The number of fused-ring (bicyclic) bond motifs is 1. The first kappa shape index (κ1) is 19.4. The molecule has 3 aromatic rings. The number of anilines is 1. The molecule has 29 heavy (non-hydrogen) atoms. The molecule has 0 atom stereocenters. The number of hydrogen-bond donors (Lipinski definition) is 1. The maximum absolute atomic E-state index is 12.7. The Morgan fingerprint density at radius 2 is 2.03 bits per heavy atom. The first-order valence-corrected chi connectivity index (χ1v) is 10.4. The van der Waals surface area contributed by atoms with Crippen molar-refractivity contribution in [1.29, 1.82) is 0 Å². The molecule has 0 saturated carbocycles. The minimum Gasteiger partial charge on any atom is -0.464 e. The quantitative estimate of drug-likeness (QED) is 0.617. The number of carbonyl (C=O) groups is 2. The molecule has 0 unspecified atom stereocenters. The van der Waals surface area contributed by atoms with Gasteiger partial charge < -0.3 is 14.5 Å². The van der Waals surface area contributed by atoms with Gasteiger partial charge in [0, 0.05) is 24.0 Å². The second-order valence-corrected chi connectivity index (χ2v) is 7.71. The first-order chi connectivity index (χ1) is 14.2. The molecule has 7 heteroatoms. The lowest BCUT2D eigenvalue weighted by molar-refractivity contribution is -0.117. The van der Waals surface area contributed by atoms with Crippen LogP contribution in [-0.4, -0.2) is 36.5 Å². The van der Waals surface area contributed by atoms with Crippen LogP contribution in [-0.2, 0) is 22.5 Å². The monoisotopic (exact) mass is 410 g/mol. The maximum atomic E-state index is 12.7. The van der Waals surface area contributed by atoms with Crippen LogP contribution in [0.4, 0.5) is 5.00 Å². The molecule has 1 aromatic carbocycles. The molecule has 6 nitrogen and oxygen atoms in total. The summed E-state index contributed by atoms with van der Waals surface area (Å²) < 4.78 is 10.6. The normalized spacial score (nSPS) is 13.7. The molecule has 0 aliphatic carbocycles. The van der Waals surface area contributed by atoms with Crippen molar-refractivity contribution in [3.8, 4) is 11.3 Å². The van der Waals surface area contributed by atoms with E-state index < -0.39 is 5.97 Å². The van der Waals surface area contributed by atoms with Crippen molar-refractivity contribution in [3.05, 3.63) is 64.7 Å². The van der Waals surface area contributed by atoms with Gasteiger partial charge in [0.25, 0.3) is 0 Å². The van der Waals surface area contributed by atoms with Crippen LogP contribution in [0.1, 0.15) is 28.4 Å². The number of nitrogens with one attached hydrogen (secondary N) is 1. The van der Waals surface area contributed by atoms with E-state index in [4.69, 9.17) is 9.15 Å². The molecule has 0 bridgehead atoms. The number of rotatable bonds is 6. The fourth-order valence-corrected chi connectivity index (χ4v) is 4.48. The average Bonchev–Trinajstić information content (AvgIpc) is 3.37. The predicted molar refractivity (Wildman–Crippen MR) is 112 cm³/mol. The average molecular weight is 410 g/mol. The Kier molecular flexibility index (Phi) is 5.78. The van der Waals surface area contributed by atoms with Crippen LogP contribution in [0.15, 0.2) is 52.5 Å². The Labute approximate surface area is 173 Å². The summed E-state index contributed by atoms with van der Waals surface area (Å²) in [6.07, 6.45) is 2.48. The lowest BCUT2D eigenvalue weighted by atomic mass is 10.00. The van der Waals surface area contributed by atoms with Gasteiger partial charge in [-0.05, 0) is 36.6 Å². The van der Waals surface area contributed by atoms with Crippen LogP contribution in [0.25, 0.3) is 11.3 Å². The lowest BCUT2D eigenvalue weighted by Crippen LogP contribution is -2.37. The SMILES string of the molecule is CCOC(=O)c1c(-c2ccco2)csc1NC(=O)CN1CCc2ccccc2C1. The van der Waals surface area contributed by atoms with Gasteiger partial charge in [0.15, 0.2) is 0 Å². The Bertz CT molecular complexity index is 1010. The molecule has 2 aromatic heterocycles. The molecule has 1 aliphatic rings. The summed E-state index contributed by atoms with van der Waals surface area (Å²) in [5, 5.41) is 5.19. The predicted octanol–water partition coefficient (Wildman–Crippen LogP) is 4.18. The Balaban J connectivity index is 1.49. The van der Waals surface area contributed by atoms with Gasteiger partial charge in [-0.2, -0.15) is 0 Å². The summed E-state index contributed by atoms with van der Waals surface area (Å²) in [6, 6.07) is 11.9. The Morgan fingerprint density at radius 1 is 1.21 bits per heavy atom. The van der Waals surface area contributed by atoms with Gasteiger partial charge in [-0.15, -0.1) is 11.3 Å². The van der Waals surface area contributed by atoms with Crippen LogP contribution in [0.2, 0.25) is 0 Å². The van der Waals surface area contributed by atoms with Crippen molar-refractivity contribution in [3.63, 3.8) is 0 Å². The van der Waals surface area contributed by atoms with Gasteiger partial charge in [-0.1, -0.05) is 24.3 Å². The summed E-state index contributed by atoms with van der Waals surface area (Å²) in [6.45, 7) is 3.86. The summed E-state index contributed by atoms with van der Waals surface area (Å²) in [5.41, 5.74) is 3.56. The number of ether oxygens (including phenoxy) is 1. The first-order valence-electron chi connectivity index (χ1n) is 9.57. The lowest BCUT2D eigenvalue weighted by Gasteiger charge is -2.28. The number of amides is 1. The molecule has 0 spiro atoms. The van der Waals surface area contributed by atoms with E-state index in [1.807, 2.05) is 12.1 Å². The van der Waals surface area contributed by atoms with Crippen LogP contribution < -0.4 is 5.32 Å². The molecule has 1 N–H and O–H groups in total. The van der Waals surface area contributed by atoms with E-state index in [0.717, 1.165) is 19.5 Å².